The summed E-state index contributed by atoms with van der Waals surface area (Å²) in [5.41, 5.74) is 0.477. The first kappa shape index (κ1) is 7.74. The van der Waals surface area contributed by atoms with Crippen molar-refractivity contribution in [3.05, 3.63) is 17.8 Å². The van der Waals surface area contributed by atoms with Crippen LogP contribution in [0.5, 0.6) is 0 Å². The lowest BCUT2D eigenvalue weighted by Gasteiger charge is -1.87. The standard InChI is InChI=1S/C6H7NO4/c1-10-2-4-3-11-5(7-4)6(8)9/h3H,2H2,1H3,(H,8,9). The molecule has 0 aliphatic heterocycles. The Balaban J connectivity index is 2.73. The first-order chi connectivity index (χ1) is 5.24. The fourth-order valence-corrected chi connectivity index (χ4v) is 0.619. The molecule has 0 spiro atoms. The van der Waals surface area contributed by atoms with E-state index in [4.69, 9.17) is 9.84 Å². The van der Waals surface area contributed by atoms with Crippen LogP contribution in [0, 0.1) is 0 Å². The Morgan fingerprint density at radius 1 is 1.91 bits per heavy atom. The van der Waals surface area contributed by atoms with E-state index in [1.165, 1.54) is 13.4 Å². The number of methoxy groups -OCH3 is 1. The van der Waals surface area contributed by atoms with Gasteiger partial charge >= 0.3 is 11.9 Å². The molecule has 11 heavy (non-hydrogen) atoms. The average Bonchev–Trinajstić information content (AvgIpc) is 2.37. The van der Waals surface area contributed by atoms with E-state index in [0.717, 1.165) is 0 Å². The third-order valence-corrected chi connectivity index (χ3v) is 1.03. The zero-order chi connectivity index (χ0) is 8.27. The Hall–Kier alpha value is -1.36. The molecule has 1 N–H and O–H groups in total. The summed E-state index contributed by atoms with van der Waals surface area (Å²) in [6.07, 6.45) is 1.26. The van der Waals surface area contributed by atoms with Crippen molar-refractivity contribution in [1.82, 2.24) is 4.98 Å². The largest absolute Gasteiger partial charge is 0.474 e. The molecule has 1 aromatic rings. The van der Waals surface area contributed by atoms with Crippen molar-refractivity contribution < 1.29 is 19.1 Å². The van der Waals surface area contributed by atoms with Crippen LogP contribution in [-0.4, -0.2) is 23.2 Å². The minimum Gasteiger partial charge on any atom is -0.474 e. The van der Waals surface area contributed by atoms with E-state index >= 15 is 0 Å². The van der Waals surface area contributed by atoms with Crippen LogP contribution >= 0.6 is 0 Å². The SMILES string of the molecule is COCc1coc(C(=O)O)n1. The highest BCUT2D eigenvalue weighted by molar-refractivity contribution is 5.82. The van der Waals surface area contributed by atoms with Crippen LogP contribution in [-0.2, 0) is 11.3 Å². The Labute approximate surface area is 62.6 Å². The number of aromatic nitrogens is 1. The lowest BCUT2D eigenvalue weighted by molar-refractivity contribution is 0.0653. The molecule has 1 rings (SSSR count). The molecule has 60 valence electrons. The number of carbonyl (C=O) groups is 1. The second-order valence-electron chi connectivity index (χ2n) is 1.88. The van der Waals surface area contributed by atoms with Crippen molar-refractivity contribution in [2.45, 2.75) is 6.61 Å². The van der Waals surface area contributed by atoms with Crippen LogP contribution in [0.3, 0.4) is 0 Å². The monoisotopic (exact) mass is 157 g/mol. The summed E-state index contributed by atoms with van der Waals surface area (Å²) < 4.78 is 9.29. The highest BCUT2D eigenvalue weighted by Crippen LogP contribution is 2.02. The third kappa shape index (κ3) is 1.78. The molecule has 0 saturated heterocycles. The van der Waals surface area contributed by atoms with E-state index in [-0.39, 0.29) is 12.5 Å². The molecule has 5 heteroatoms. The third-order valence-electron chi connectivity index (χ3n) is 1.03. The Kier molecular flexibility index (Phi) is 2.22. The molecule has 0 amide bonds. The van der Waals surface area contributed by atoms with Crippen LogP contribution in [0.15, 0.2) is 10.7 Å². The van der Waals surface area contributed by atoms with Gasteiger partial charge in [0.2, 0.25) is 0 Å². The van der Waals surface area contributed by atoms with E-state index in [0.29, 0.717) is 5.69 Å². The molecule has 0 fully saturated rings. The fourth-order valence-electron chi connectivity index (χ4n) is 0.619. The number of carboxylic acid groups (broad SMARTS) is 1. The maximum Gasteiger partial charge on any atom is 0.392 e. The number of oxazole rings is 1. The molecule has 1 heterocycles. The number of carboxylic acids is 1. The summed E-state index contributed by atoms with van der Waals surface area (Å²) >= 11 is 0. The first-order valence-electron chi connectivity index (χ1n) is 2.90. The molecule has 0 saturated carbocycles. The average molecular weight is 157 g/mol. The van der Waals surface area contributed by atoms with E-state index in [1.807, 2.05) is 0 Å². The second kappa shape index (κ2) is 3.16. The summed E-state index contributed by atoms with van der Waals surface area (Å²) in [5, 5.41) is 8.37. The fraction of sp³-hybridized carbons (Fsp3) is 0.333. The zero-order valence-corrected chi connectivity index (χ0v) is 5.90. The molecule has 0 unspecified atom stereocenters. The summed E-state index contributed by atoms with van der Waals surface area (Å²) in [5.74, 6) is -1.48. The van der Waals surface area contributed by atoms with Crippen LogP contribution in [0.25, 0.3) is 0 Å². The summed E-state index contributed by atoms with van der Waals surface area (Å²) in [4.78, 5) is 13.8. The molecule has 0 aliphatic carbocycles. The quantitative estimate of drug-likeness (QED) is 0.692. The minimum absolute atomic E-state index is 0.261. The Morgan fingerprint density at radius 2 is 2.64 bits per heavy atom. The first-order valence-corrected chi connectivity index (χ1v) is 2.90. The smallest absolute Gasteiger partial charge is 0.392 e. The molecule has 1 aromatic heterocycles. The maximum atomic E-state index is 10.2. The Morgan fingerprint density at radius 3 is 3.09 bits per heavy atom. The topological polar surface area (TPSA) is 72.6 Å². The number of hydrogen-bond donors (Lipinski definition) is 1. The van der Waals surface area contributed by atoms with Crippen LogP contribution in [0.4, 0.5) is 0 Å². The van der Waals surface area contributed by atoms with Gasteiger partial charge in [-0.25, -0.2) is 9.78 Å². The van der Waals surface area contributed by atoms with Gasteiger partial charge in [-0.3, -0.25) is 0 Å². The molecular weight excluding hydrogens is 150 g/mol. The van der Waals surface area contributed by atoms with Crippen molar-refractivity contribution in [2.24, 2.45) is 0 Å². The molecule has 0 aromatic carbocycles. The normalized spacial score (nSPS) is 9.91. The second-order valence-corrected chi connectivity index (χ2v) is 1.88. The Bertz CT molecular complexity index is 255. The van der Waals surface area contributed by atoms with E-state index in [2.05, 4.69) is 9.40 Å². The number of aromatic carboxylic acids is 1. The van der Waals surface area contributed by atoms with Crippen molar-refractivity contribution in [3.8, 4) is 0 Å². The molecule has 0 bridgehead atoms. The van der Waals surface area contributed by atoms with Gasteiger partial charge in [0.05, 0.1) is 6.61 Å². The summed E-state index contributed by atoms with van der Waals surface area (Å²) in [7, 11) is 1.50. The highest BCUT2D eigenvalue weighted by atomic mass is 16.5. The van der Waals surface area contributed by atoms with E-state index in [1.54, 1.807) is 0 Å². The number of hydrogen-bond acceptors (Lipinski definition) is 4. The maximum absolute atomic E-state index is 10.2. The van der Waals surface area contributed by atoms with Crippen LogP contribution in [0.2, 0.25) is 0 Å². The molecule has 5 nitrogen and oxygen atoms in total. The van der Waals surface area contributed by atoms with Gasteiger partial charge in [0, 0.05) is 7.11 Å². The molecule has 0 atom stereocenters. The van der Waals surface area contributed by atoms with Crippen LogP contribution < -0.4 is 0 Å². The summed E-state index contributed by atoms with van der Waals surface area (Å²) in [6.45, 7) is 0.261. The number of rotatable bonds is 3. The predicted molar refractivity (Wildman–Crippen MR) is 34.2 cm³/mol. The van der Waals surface area contributed by atoms with Gasteiger partial charge in [-0.2, -0.15) is 0 Å². The molecular formula is C6H7NO4. The van der Waals surface area contributed by atoms with Gasteiger partial charge in [-0.15, -0.1) is 0 Å². The zero-order valence-electron chi connectivity index (χ0n) is 5.90. The molecule has 0 radical (unpaired) electrons. The number of nitrogens with zero attached hydrogens (tertiary/aromatic N) is 1. The van der Waals surface area contributed by atoms with Crippen molar-refractivity contribution >= 4 is 5.97 Å². The minimum atomic E-state index is -1.17. The predicted octanol–water partition coefficient (Wildman–Crippen LogP) is 0.519. The lowest BCUT2D eigenvalue weighted by atomic mass is 10.5. The van der Waals surface area contributed by atoms with Gasteiger partial charge in [-0.05, 0) is 0 Å². The lowest BCUT2D eigenvalue weighted by Crippen LogP contribution is -1.96. The van der Waals surface area contributed by atoms with E-state index in [9.17, 15) is 4.79 Å². The molecule has 0 aliphatic rings. The highest BCUT2D eigenvalue weighted by Gasteiger charge is 2.10. The van der Waals surface area contributed by atoms with Gasteiger partial charge < -0.3 is 14.3 Å². The van der Waals surface area contributed by atoms with Gasteiger partial charge in [0.15, 0.2) is 0 Å². The van der Waals surface area contributed by atoms with Gasteiger partial charge in [-0.1, -0.05) is 0 Å². The van der Waals surface area contributed by atoms with Crippen LogP contribution in [0.1, 0.15) is 16.4 Å². The van der Waals surface area contributed by atoms with Crippen molar-refractivity contribution in [3.63, 3.8) is 0 Å². The summed E-state index contributed by atoms with van der Waals surface area (Å²) in [6, 6.07) is 0. The van der Waals surface area contributed by atoms with Crippen molar-refractivity contribution in [1.29, 1.82) is 0 Å². The van der Waals surface area contributed by atoms with Gasteiger partial charge in [0.1, 0.15) is 12.0 Å². The van der Waals surface area contributed by atoms with Crippen molar-refractivity contribution in [2.75, 3.05) is 7.11 Å². The van der Waals surface area contributed by atoms with E-state index < -0.39 is 5.97 Å². The number of ether oxygens (including phenoxy) is 1. The van der Waals surface area contributed by atoms with Gasteiger partial charge in [0.25, 0.3) is 0 Å².